The third kappa shape index (κ3) is 2.53. The second-order valence-corrected chi connectivity index (χ2v) is 2.76. The van der Waals surface area contributed by atoms with Crippen molar-refractivity contribution >= 4 is 11.8 Å². The van der Waals surface area contributed by atoms with E-state index in [0.29, 0.717) is 0 Å². The molecule has 1 aromatic rings. The Morgan fingerprint density at radius 3 is 2.75 bits per heavy atom. The Kier molecular flexibility index (Phi) is 3.93. The number of nitrogens with zero attached hydrogens (tertiary/aromatic N) is 1. The molecule has 0 atom stereocenters. The van der Waals surface area contributed by atoms with Gasteiger partial charge < -0.3 is 9.47 Å². The van der Waals surface area contributed by atoms with Crippen LogP contribution < -0.4 is 4.74 Å². The van der Waals surface area contributed by atoms with Crippen LogP contribution in [0.2, 0.25) is 0 Å². The smallest absolute Gasteiger partial charge is 0.379 e. The van der Waals surface area contributed by atoms with Crippen molar-refractivity contribution in [1.82, 2.24) is 4.98 Å². The molecular weight excluding hydrogens is 217 g/mol. The van der Waals surface area contributed by atoms with Gasteiger partial charge in [-0.25, -0.2) is 14.2 Å². The molecule has 16 heavy (non-hydrogen) atoms. The number of hydrogen-bond donors (Lipinski definition) is 0. The Bertz CT molecular complexity index is 419. The number of halogens is 1. The number of pyridine rings is 1. The molecule has 86 valence electrons. The molecule has 0 amide bonds. The molecule has 0 saturated carbocycles. The SMILES string of the molecule is CCOC(=O)C(=O)c1cc(OC)ncc1F. The van der Waals surface area contributed by atoms with E-state index >= 15 is 0 Å². The van der Waals surface area contributed by atoms with Crippen molar-refractivity contribution in [3.05, 3.63) is 23.6 Å². The summed E-state index contributed by atoms with van der Waals surface area (Å²) in [6.07, 6.45) is 0.811. The number of carbonyl (C=O) groups excluding carboxylic acids is 2. The predicted molar refractivity (Wildman–Crippen MR) is 51.7 cm³/mol. The number of methoxy groups -OCH3 is 1. The summed E-state index contributed by atoms with van der Waals surface area (Å²) in [5.41, 5.74) is -0.412. The number of hydrogen-bond acceptors (Lipinski definition) is 5. The Balaban J connectivity index is 3.02. The minimum absolute atomic E-state index is 0.0500. The van der Waals surface area contributed by atoms with Crippen molar-refractivity contribution in [2.75, 3.05) is 13.7 Å². The lowest BCUT2D eigenvalue weighted by Gasteiger charge is -2.04. The van der Waals surface area contributed by atoms with Crippen LogP contribution >= 0.6 is 0 Å². The first-order valence-electron chi connectivity index (χ1n) is 4.51. The number of rotatable bonds is 4. The zero-order valence-corrected chi connectivity index (χ0v) is 8.82. The zero-order chi connectivity index (χ0) is 12.1. The third-order valence-corrected chi connectivity index (χ3v) is 1.74. The number of carbonyl (C=O) groups is 2. The Morgan fingerprint density at radius 1 is 1.50 bits per heavy atom. The van der Waals surface area contributed by atoms with E-state index in [2.05, 4.69) is 9.72 Å². The van der Waals surface area contributed by atoms with E-state index in [1.54, 1.807) is 6.92 Å². The average Bonchev–Trinajstić information content (AvgIpc) is 2.29. The maximum atomic E-state index is 13.2. The van der Waals surface area contributed by atoms with Crippen molar-refractivity contribution in [2.24, 2.45) is 0 Å². The molecule has 1 heterocycles. The van der Waals surface area contributed by atoms with Gasteiger partial charge in [0.2, 0.25) is 5.88 Å². The van der Waals surface area contributed by atoms with E-state index in [-0.39, 0.29) is 12.5 Å². The van der Waals surface area contributed by atoms with Crippen molar-refractivity contribution < 1.29 is 23.5 Å². The van der Waals surface area contributed by atoms with Crippen molar-refractivity contribution in [2.45, 2.75) is 6.92 Å². The maximum absolute atomic E-state index is 13.2. The summed E-state index contributed by atoms with van der Waals surface area (Å²) in [5.74, 6) is -3.00. The number of esters is 1. The van der Waals surface area contributed by atoms with E-state index in [0.717, 1.165) is 12.3 Å². The van der Waals surface area contributed by atoms with Gasteiger partial charge in [-0.15, -0.1) is 0 Å². The molecule has 6 heteroatoms. The number of ether oxygens (including phenoxy) is 2. The second kappa shape index (κ2) is 5.20. The van der Waals surface area contributed by atoms with Crippen molar-refractivity contribution in [3.63, 3.8) is 0 Å². The Hall–Kier alpha value is -1.98. The lowest BCUT2D eigenvalue weighted by molar-refractivity contribution is -0.137. The highest BCUT2D eigenvalue weighted by Gasteiger charge is 2.22. The molecule has 0 spiro atoms. The molecule has 0 aliphatic heterocycles. The average molecular weight is 227 g/mol. The molecule has 0 radical (unpaired) electrons. The minimum atomic E-state index is -1.10. The summed E-state index contributed by atoms with van der Waals surface area (Å²) in [5, 5.41) is 0. The first kappa shape index (κ1) is 12.1. The number of ketones is 1. The van der Waals surface area contributed by atoms with Crippen LogP contribution in [0.15, 0.2) is 12.3 Å². The predicted octanol–water partition coefficient (Wildman–Crippen LogP) is 0.975. The van der Waals surface area contributed by atoms with Crippen LogP contribution in [0, 0.1) is 5.82 Å². The monoisotopic (exact) mass is 227 g/mol. The highest BCUT2D eigenvalue weighted by Crippen LogP contribution is 2.14. The van der Waals surface area contributed by atoms with Crippen LogP contribution in [0.25, 0.3) is 0 Å². The van der Waals surface area contributed by atoms with Gasteiger partial charge in [-0.05, 0) is 6.92 Å². The first-order chi connectivity index (χ1) is 7.60. The van der Waals surface area contributed by atoms with E-state index in [9.17, 15) is 14.0 Å². The summed E-state index contributed by atoms with van der Waals surface area (Å²) in [4.78, 5) is 26.1. The molecule has 5 nitrogen and oxygen atoms in total. The summed E-state index contributed by atoms with van der Waals surface area (Å²) in [7, 11) is 1.32. The van der Waals surface area contributed by atoms with Crippen molar-refractivity contribution in [1.29, 1.82) is 0 Å². The van der Waals surface area contributed by atoms with E-state index in [1.165, 1.54) is 7.11 Å². The van der Waals surface area contributed by atoms with Crippen LogP contribution in [0.3, 0.4) is 0 Å². The molecule has 1 rings (SSSR count). The highest BCUT2D eigenvalue weighted by molar-refractivity contribution is 6.40. The van der Waals surface area contributed by atoms with Gasteiger partial charge in [0.1, 0.15) is 0 Å². The number of aromatic nitrogens is 1. The molecule has 0 saturated heterocycles. The lowest BCUT2D eigenvalue weighted by atomic mass is 10.1. The minimum Gasteiger partial charge on any atom is -0.481 e. The molecule has 0 bridgehead atoms. The summed E-state index contributed by atoms with van der Waals surface area (Å²) < 4.78 is 22.4. The van der Waals surface area contributed by atoms with Gasteiger partial charge in [-0.3, -0.25) is 4.79 Å². The fourth-order valence-electron chi connectivity index (χ4n) is 1.01. The van der Waals surface area contributed by atoms with Crippen LogP contribution in [-0.4, -0.2) is 30.5 Å². The standard InChI is InChI=1S/C10H10FNO4/c1-3-16-10(14)9(13)6-4-8(15-2)12-5-7(6)11/h4-5H,3H2,1-2H3. The maximum Gasteiger partial charge on any atom is 0.379 e. The molecule has 0 fully saturated rings. The molecular formula is C10H10FNO4. The zero-order valence-electron chi connectivity index (χ0n) is 8.82. The number of Topliss-reactive ketones (excluding diaryl/α,β-unsaturated/α-hetero) is 1. The fraction of sp³-hybridized carbons (Fsp3) is 0.300. The summed E-state index contributed by atoms with van der Waals surface area (Å²) in [6.45, 7) is 1.60. The molecule has 0 aromatic carbocycles. The summed E-state index contributed by atoms with van der Waals surface area (Å²) in [6, 6.07) is 1.05. The van der Waals surface area contributed by atoms with Gasteiger partial charge >= 0.3 is 5.97 Å². The second-order valence-electron chi connectivity index (χ2n) is 2.76. The van der Waals surface area contributed by atoms with E-state index < -0.39 is 23.1 Å². The third-order valence-electron chi connectivity index (χ3n) is 1.74. The largest absolute Gasteiger partial charge is 0.481 e. The highest BCUT2D eigenvalue weighted by atomic mass is 19.1. The van der Waals surface area contributed by atoms with Crippen molar-refractivity contribution in [3.8, 4) is 5.88 Å². The van der Waals surface area contributed by atoms with E-state index in [1.807, 2.05) is 0 Å². The van der Waals surface area contributed by atoms with Gasteiger partial charge in [-0.2, -0.15) is 0 Å². The van der Waals surface area contributed by atoms with Gasteiger partial charge in [0.05, 0.1) is 25.5 Å². The van der Waals surface area contributed by atoms with E-state index in [4.69, 9.17) is 4.74 Å². The fourth-order valence-corrected chi connectivity index (χ4v) is 1.01. The van der Waals surface area contributed by atoms with Crippen LogP contribution in [0.4, 0.5) is 4.39 Å². The van der Waals surface area contributed by atoms with Crippen LogP contribution in [0.1, 0.15) is 17.3 Å². The normalized spacial score (nSPS) is 9.69. The van der Waals surface area contributed by atoms with Gasteiger partial charge in [0, 0.05) is 6.07 Å². The van der Waals surface area contributed by atoms with Crippen LogP contribution in [-0.2, 0) is 9.53 Å². The van der Waals surface area contributed by atoms with Crippen LogP contribution in [0.5, 0.6) is 5.88 Å². The van der Waals surface area contributed by atoms with Gasteiger partial charge in [0.15, 0.2) is 5.82 Å². The Labute approximate surface area is 91.2 Å². The molecule has 1 aromatic heterocycles. The molecule has 0 unspecified atom stereocenters. The Morgan fingerprint density at radius 2 is 2.19 bits per heavy atom. The molecule has 0 aliphatic rings. The summed E-state index contributed by atoms with van der Waals surface area (Å²) >= 11 is 0. The van der Waals surface area contributed by atoms with Gasteiger partial charge in [-0.1, -0.05) is 0 Å². The van der Waals surface area contributed by atoms with Gasteiger partial charge in [0.25, 0.3) is 5.78 Å². The first-order valence-corrected chi connectivity index (χ1v) is 4.51. The molecule has 0 aliphatic carbocycles. The quantitative estimate of drug-likeness (QED) is 0.435. The topological polar surface area (TPSA) is 65.5 Å². The lowest BCUT2D eigenvalue weighted by Crippen LogP contribution is -2.19. The molecule has 0 N–H and O–H groups in total.